The largest absolute Gasteiger partial charge is 0.392 e. The minimum atomic E-state index is -3.56. The van der Waals surface area contributed by atoms with Crippen LogP contribution in [-0.2, 0) is 21.4 Å². The molecular weight excluding hydrogens is 278 g/mol. The summed E-state index contributed by atoms with van der Waals surface area (Å²) >= 11 is 0. The van der Waals surface area contributed by atoms with Crippen molar-refractivity contribution in [2.75, 3.05) is 13.2 Å². The molecule has 2 N–H and O–H groups in total. The van der Waals surface area contributed by atoms with Gasteiger partial charge in [-0.2, -0.15) is 0 Å². The smallest absolute Gasteiger partial charge is 0.241 e. The second-order valence-corrected chi connectivity index (χ2v) is 6.88. The van der Waals surface area contributed by atoms with Crippen molar-refractivity contribution in [2.45, 2.75) is 44.2 Å². The molecule has 1 fully saturated rings. The van der Waals surface area contributed by atoms with E-state index < -0.39 is 10.0 Å². The van der Waals surface area contributed by atoms with Gasteiger partial charge in [0.15, 0.2) is 0 Å². The Morgan fingerprint density at radius 3 is 2.55 bits per heavy atom. The lowest BCUT2D eigenvalue weighted by Gasteiger charge is -2.23. The second-order valence-electron chi connectivity index (χ2n) is 5.20. The van der Waals surface area contributed by atoms with Crippen LogP contribution < -0.4 is 4.72 Å². The summed E-state index contributed by atoms with van der Waals surface area (Å²) in [5.74, 6) is 0. The van der Waals surface area contributed by atoms with Crippen molar-refractivity contribution < 1.29 is 18.3 Å². The Balaban J connectivity index is 2.30. The molecule has 1 aliphatic heterocycles. The third-order valence-corrected chi connectivity index (χ3v) is 5.34. The van der Waals surface area contributed by atoms with Crippen LogP contribution in [0.4, 0.5) is 0 Å². The molecule has 0 bridgehead atoms. The highest BCUT2D eigenvalue weighted by atomic mass is 32.2. The lowest BCUT2D eigenvalue weighted by molar-refractivity contribution is 0.0832. The van der Waals surface area contributed by atoms with E-state index in [1.807, 2.05) is 13.0 Å². The van der Waals surface area contributed by atoms with Crippen molar-refractivity contribution in [2.24, 2.45) is 0 Å². The lowest BCUT2D eigenvalue weighted by Crippen LogP contribution is -2.39. The van der Waals surface area contributed by atoms with Gasteiger partial charge in [-0.05, 0) is 49.4 Å². The third kappa shape index (κ3) is 3.38. The number of aliphatic hydroxyl groups is 1. The van der Waals surface area contributed by atoms with Crippen LogP contribution >= 0.6 is 0 Å². The molecule has 0 unspecified atom stereocenters. The average molecular weight is 299 g/mol. The molecule has 0 aromatic heterocycles. The molecule has 1 aromatic rings. The minimum absolute atomic E-state index is 0.0776. The summed E-state index contributed by atoms with van der Waals surface area (Å²) in [6.45, 7) is 4.64. The van der Waals surface area contributed by atoms with Gasteiger partial charge >= 0.3 is 0 Å². The lowest BCUT2D eigenvalue weighted by atomic mass is 10.1. The zero-order valence-corrected chi connectivity index (χ0v) is 12.7. The summed E-state index contributed by atoms with van der Waals surface area (Å²) in [6.07, 6.45) is 1.38. The average Bonchev–Trinajstić information content (AvgIpc) is 2.42. The zero-order valence-electron chi connectivity index (χ0n) is 11.8. The van der Waals surface area contributed by atoms with E-state index in [0.29, 0.717) is 31.6 Å². The maximum Gasteiger partial charge on any atom is 0.241 e. The topological polar surface area (TPSA) is 75.6 Å². The molecule has 1 saturated heterocycles. The van der Waals surface area contributed by atoms with E-state index in [4.69, 9.17) is 4.74 Å². The van der Waals surface area contributed by atoms with E-state index in [9.17, 15) is 13.5 Å². The molecule has 1 aromatic carbocycles. The SMILES string of the molecule is Cc1cc(CO)cc(S(=O)(=O)NC2CCOCC2)c1C. The van der Waals surface area contributed by atoms with E-state index in [0.717, 1.165) is 11.1 Å². The van der Waals surface area contributed by atoms with Gasteiger partial charge in [0.05, 0.1) is 11.5 Å². The Morgan fingerprint density at radius 1 is 1.30 bits per heavy atom. The molecular formula is C14H21NO4S. The number of ether oxygens (including phenoxy) is 1. The fourth-order valence-electron chi connectivity index (χ4n) is 2.37. The van der Waals surface area contributed by atoms with Crippen molar-refractivity contribution in [1.29, 1.82) is 0 Å². The van der Waals surface area contributed by atoms with Crippen molar-refractivity contribution in [1.82, 2.24) is 4.72 Å². The van der Waals surface area contributed by atoms with Gasteiger partial charge in [-0.1, -0.05) is 6.07 Å². The summed E-state index contributed by atoms with van der Waals surface area (Å²) in [4.78, 5) is 0.257. The quantitative estimate of drug-likeness (QED) is 0.877. The summed E-state index contributed by atoms with van der Waals surface area (Å²) in [6, 6.07) is 3.28. The Labute approximate surface area is 120 Å². The summed E-state index contributed by atoms with van der Waals surface area (Å²) in [7, 11) is -3.56. The fourth-order valence-corrected chi connectivity index (χ4v) is 4.04. The van der Waals surface area contributed by atoms with Gasteiger partial charge in [0.1, 0.15) is 0 Å². The molecule has 0 aliphatic carbocycles. The number of aliphatic hydroxyl groups excluding tert-OH is 1. The van der Waals surface area contributed by atoms with Gasteiger partial charge in [0, 0.05) is 19.3 Å². The minimum Gasteiger partial charge on any atom is -0.392 e. The summed E-state index contributed by atoms with van der Waals surface area (Å²) in [5, 5.41) is 9.23. The molecule has 6 heteroatoms. The first-order valence-electron chi connectivity index (χ1n) is 6.75. The van der Waals surface area contributed by atoms with Gasteiger partial charge in [-0.15, -0.1) is 0 Å². The predicted molar refractivity (Wildman–Crippen MR) is 76.0 cm³/mol. The Morgan fingerprint density at radius 2 is 1.95 bits per heavy atom. The van der Waals surface area contributed by atoms with E-state index in [1.54, 1.807) is 13.0 Å². The summed E-state index contributed by atoms with van der Waals surface area (Å²) in [5.41, 5.74) is 2.20. The van der Waals surface area contributed by atoms with E-state index in [-0.39, 0.29) is 17.5 Å². The molecule has 0 atom stereocenters. The normalized spacial score (nSPS) is 17.4. The Hall–Kier alpha value is -0.950. The molecule has 20 heavy (non-hydrogen) atoms. The van der Waals surface area contributed by atoms with Gasteiger partial charge in [-0.25, -0.2) is 13.1 Å². The van der Waals surface area contributed by atoms with Gasteiger partial charge in [0.2, 0.25) is 10.0 Å². The molecule has 0 amide bonds. The van der Waals surface area contributed by atoms with Gasteiger partial charge in [0.25, 0.3) is 0 Å². The van der Waals surface area contributed by atoms with Gasteiger partial charge in [-0.3, -0.25) is 0 Å². The van der Waals surface area contributed by atoms with Crippen molar-refractivity contribution >= 4 is 10.0 Å². The predicted octanol–water partition coefficient (Wildman–Crippen LogP) is 1.25. The summed E-state index contributed by atoms with van der Waals surface area (Å²) < 4.78 is 33.0. The number of hydrogen-bond acceptors (Lipinski definition) is 4. The molecule has 0 saturated carbocycles. The Bertz CT molecular complexity index is 577. The molecule has 1 heterocycles. The molecule has 0 spiro atoms. The number of sulfonamides is 1. The molecule has 2 rings (SSSR count). The van der Waals surface area contributed by atoms with Crippen LogP contribution in [0.25, 0.3) is 0 Å². The van der Waals surface area contributed by atoms with Crippen LogP contribution in [0.3, 0.4) is 0 Å². The van der Waals surface area contributed by atoms with Crippen molar-refractivity contribution in [3.63, 3.8) is 0 Å². The third-order valence-electron chi connectivity index (χ3n) is 3.69. The Kier molecular flexibility index (Phi) is 4.80. The number of rotatable bonds is 4. The van der Waals surface area contributed by atoms with E-state index in [2.05, 4.69) is 4.72 Å². The monoisotopic (exact) mass is 299 g/mol. The van der Waals surface area contributed by atoms with Crippen LogP contribution in [0.2, 0.25) is 0 Å². The highest BCUT2D eigenvalue weighted by Gasteiger charge is 2.24. The number of benzene rings is 1. The molecule has 112 valence electrons. The van der Waals surface area contributed by atoms with Crippen LogP contribution in [0.1, 0.15) is 29.5 Å². The van der Waals surface area contributed by atoms with E-state index in [1.165, 1.54) is 0 Å². The first-order valence-corrected chi connectivity index (χ1v) is 8.23. The standard InChI is InChI=1S/C14H21NO4S/c1-10-7-12(9-16)8-14(11(10)2)20(17,18)15-13-3-5-19-6-4-13/h7-8,13,15-16H,3-6,9H2,1-2H3. The zero-order chi connectivity index (χ0) is 14.8. The number of nitrogens with one attached hydrogen (secondary N) is 1. The van der Waals surface area contributed by atoms with Crippen LogP contribution in [-0.4, -0.2) is 32.8 Å². The molecule has 0 radical (unpaired) electrons. The fraction of sp³-hybridized carbons (Fsp3) is 0.571. The van der Waals surface area contributed by atoms with E-state index >= 15 is 0 Å². The molecule has 5 nitrogen and oxygen atoms in total. The number of aryl methyl sites for hydroxylation is 1. The first kappa shape index (κ1) is 15.4. The second kappa shape index (κ2) is 6.22. The highest BCUT2D eigenvalue weighted by Crippen LogP contribution is 2.22. The maximum absolute atomic E-state index is 12.5. The first-order chi connectivity index (χ1) is 9.44. The van der Waals surface area contributed by atoms with Crippen molar-refractivity contribution in [3.05, 3.63) is 28.8 Å². The number of hydrogen-bond donors (Lipinski definition) is 2. The highest BCUT2D eigenvalue weighted by molar-refractivity contribution is 7.89. The van der Waals surface area contributed by atoms with Gasteiger partial charge < -0.3 is 9.84 Å². The van der Waals surface area contributed by atoms with Crippen molar-refractivity contribution in [3.8, 4) is 0 Å². The van der Waals surface area contributed by atoms with Crippen LogP contribution in [0.5, 0.6) is 0 Å². The maximum atomic E-state index is 12.5. The molecule has 1 aliphatic rings. The van der Waals surface area contributed by atoms with Crippen LogP contribution in [0.15, 0.2) is 17.0 Å². The van der Waals surface area contributed by atoms with Crippen LogP contribution in [0, 0.1) is 13.8 Å².